The van der Waals surface area contributed by atoms with Gasteiger partial charge in [0.1, 0.15) is 5.75 Å². The molecule has 0 aliphatic rings. The molecule has 0 radical (unpaired) electrons. The van der Waals surface area contributed by atoms with Crippen LogP contribution in [-0.2, 0) is 0 Å². The van der Waals surface area contributed by atoms with E-state index in [1.54, 1.807) is 0 Å². The van der Waals surface area contributed by atoms with Crippen molar-refractivity contribution in [3.05, 3.63) is 28.2 Å². The largest absolute Gasteiger partial charge is 0.492 e. The van der Waals surface area contributed by atoms with Gasteiger partial charge in [0.25, 0.3) is 0 Å². The van der Waals surface area contributed by atoms with Gasteiger partial charge in [0.05, 0.1) is 11.1 Å². The van der Waals surface area contributed by atoms with Crippen LogP contribution in [0.1, 0.15) is 32.6 Å². The summed E-state index contributed by atoms with van der Waals surface area (Å²) in [5.74, 6) is -1.40. The number of benzene rings is 1. The molecule has 1 rings (SSSR count). The van der Waals surface area contributed by atoms with Gasteiger partial charge >= 0.3 is 0 Å². The topological polar surface area (TPSA) is 9.23 Å². The standard InChI is InChI=1S/C12H15BrF2O/c1-2-3-4-5-6-16-12-8-11(15)10(14)7-9(12)13/h7-8H,2-6H2,1H3. The molecular formula is C12H15BrF2O. The van der Waals surface area contributed by atoms with Gasteiger partial charge in [0, 0.05) is 6.07 Å². The quantitative estimate of drug-likeness (QED) is 0.546. The SMILES string of the molecule is CCCCCCOc1cc(F)c(F)cc1Br. The molecule has 0 atom stereocenters. The highest BCUT2D eigenvalue weighted by Crippen LogP contribution is 2.27. The van der Waals surface area contributed by atoms with Crippen LogP contribution in [0.5, 0.6) is 5.75 Å². The minimum absolute atomic E-state index is 0.357. The predicted molar refractivity (Wildman–Crippen MR) is 63.7 cm³/mol. The first-order valence-electron chi connectivity index (χ1n) is 5.42. The third kappa shape index (κ3) is 4.08. The molecule has 1 nitrogen and oxygen atoms in total. The number of unbranched alkanes of at least 4 members (excludes halogenated alkanes) is 3. The molecule has 0 aliphatic heterocycles. The van der Waals surface area contributed by atoms with Crippen LogP contribution < -0.4 is 4.74 Å². The monoisotopic (exact) mass is 292 g/mol. The lowest BCUT2D eigenvalue weighted by Crippen LogP contribution is -1.99. The van der Waals surface area contributed by atoms with E-state index in [0.717, 1.165) is 31.4 Å². The van der Waals surface area contributed by atoms with Gasteiger partial charge in [-0.3, -0.25) is 0 Å². The molecule has 0 unspecified atom stereocenters. The number of ether oxygens (including phenoxy) is 1. The van der Waals surface area contributed by atoms with Gasteiger partial charge in [-0.25, -0.2) is 8.78 Å². The van der Waals surface area contributed by atoms with Crippen LogP contribution in [0, 0.1) is 11.6 Å². The lowest BCUT2D eigenvalue weighted by molar-refractivity contribution is 0.300. The van der Waals surface area contributed by atoms with Crippen LogP contribution in [0.4, 0.5) is 8.78 Å². The minimum atomic E-state index is -0.883. The Kier molecular flexibility index (Phi) is 5.74. The maximum atomic E-state index is 12.9. The van der Waals surface area contributed by atoms with E-state index < -0.39 is 11.6 Å². The summed E-state index contributed by atoms with van der Waals surface area (Å²) < 4.78 is 31.5. The van der Waals surface area contributed by atoms with Crippen LogP contribution in [0.15, 0.2) is 16.6 Å². The first-order valence-corrected chi connectivity index (χ1v) is 6.21. The highest BCUT2D eigenvalue weighted by molar-refractivity contribution is 9.10. The molecule has 0 aliphatic carbocycles. The maximum Gasteiger partial charge on any atom is 0.162 e. The lowest BCUT2D eigenvalue weighted by atomic mass is 10.2. The lowest BCUT2D eigenvalue weighted by Gasteiger charge is -2.08. The van der Waals surface area contributed by atoms with E-state index in [4.69, 9.17) is 4.74 Å². The van der Waals surface area contributed by atoms with E-state index in [-0.39, 0.29) is 0 Å². The van der Waals surface area contributed by atoms with Crippen LogP contribution in [0.3, 0.4) is 0 Å². The molecule has 1 aromatic rings. The summed E-state index contributed by atoms with van der Waals surface area (Å²) in [5, 5.41) is 0. The third-order valence-corrected chi connectivity index (χ3v) is 2.85. The Morgan fingerprint density at radius 2 is 1.81 bits per heavy atom. The molecule has 0 aromatic heterocycles. The molecule has 0 amide bonds. The van der Waals surface area contributed by atoms with Crippen molar-refractivity contribution in [3.63, 3.8) is 0 Å². The summed E-state index contributed by atoms with van der Waals surface area (Å²) in [6.07, 6.45) is 4.36. The van der Waals surface area contributed by atoms with Gasteiger partial charge in [-0.15, -0.1) is 0 Å². The summed E-state index contributed by atoms with van der Waals surface area (Å²) in [6.45, 7) is 2.66. The third-order valence-electron chi connectivity index (χ3n) is 2.23. The van der Waals surface area contributed by atoms with Gasteiger partial charge in [0.2, 0.25) is 0 Å². The van der Waals surface area contributed by atoms with Crippen LogP contribution >= 0.6 is 15.9 Å². The van der Waals surface area contributed by atoms with Crippen molar-refractivity contribution in [1.29, 1.82) is 0 Å². The zero-order valence-electron chi connectivity index (χ0n) is 9.23. The molecule has 0 saturated heterocycles. The van der Waals surface area contributed by atoms with Crippen LogP contribution in [0.25, 0.3) is 0 Å². The summed E-state index contributed by atoms with van der Waals surface area (Å²) in [5.41, 5.74) is 0. The first kappa shape index (κ1) is 13.4. The van der Waals surface area contributed by atoms with Crippen molar-refractivity contribution in [2.24, 2.45) is 0 Å². The maximum absolute atomic E-state index is 12.9. The summed E-state index contributed by atoms with van der Waals surface area (Å²) in [6, 6.07) is 2.15. The van der Waals surface area contributed by atoms with E-state index in [0.29, 0.717) is 16.8 Å². The second kappa shape index (κ2) is 6.84. The molecule has 0 N–H and O–H groups in total. The highest BCUT2D eigenvalue weighted by Gasteiger charge is 2.08. The molecule has 0 saturated carbocycles. The molecule has 0 heterocycles. The summed E-state index contributed by atoms with van der Waals surface area (Å²) in [4.78, 5) is 0. The smallest absolute Gasteiger partial charge is 0.162 e. The van der Waals surface area contributed by atoms with Crippen molar-refractivity contribution in [2.45, 2.75) is 32.6 Å². The number of hydrogen-bond acceptors (Lipinski definition) is 1. The van der Waals surface area contributed by atoms with E-state index in [9.17, 15) is 8.78 Å². The Morgan fingerprint density at radius 3 is 2.50 bits per heavy atom. The zero-order valence-corrected chi connectivity index (χ0v) is 10.8. The van der Waals surface area contributed by atoms with E-state index >= 15 is 0 Å². The Balaban J connectivity index is 2.45. The molecular weight excluding hydrogens is 278 g/mol. The number of halogens is 3. The van der Waals surface area contributed by atoms with Crippen molar-refractivity contribution < 1.29 is 13.5 Å². The van der Waals surface area contributed by atoms with Crippen molar-refractivity contribution in [3.8, 4) is 5.75 Å². The van der Waals surface area contributed by atoms with Gasteiger partial charge in [-0.05, 0) is 28.4 Å². The average Bonchev–Trinajstić information content (AvgIpc) is 2.25. The Morgan fingerprint density at radius 1 is 1.12 bits per heavy atom. The fourth-order valence-electron chi connectivity index (χ4n) is 1.33. The van der Waals surface area contributed by atoms with E-state index in [1.165, 1.54) is 6.42 Å². The van der Waals surface area contributed by atoms with Crippen LogP contribution in [0.2, 0.25) is 0 Å². The molecule has 4 heteroatoms. The first-order chi connectivity index (χ1) is 7.65. The van der Waals surface area contributed by atoms with Gasteiger partial charge in [-0.2, -0.15) is 0 Å². The molecule has 90 valence electrons. The average molecular weight is 293 g/mol. The molecule has 1 aromatic carbocycles. The molecule has 16 heavy (non-hydrogen) atoms. The predicted octanol–water partition coefficient (Wildman–Crippen LogP) is 4.69. The minimum Gasteiger partial charge on any atom is -0.492 e. The molecule has 0 fully saturated rings. The van der Waals surface area contributed by atoms with Crippen LogP contribution in [-0.4, -0.2) is 6.61 Å². The van der Waals surface area contributed by atoms with Crippen molar-refractivity contribution >= 4 is 15.9 Å². The summed E-state index contributed by atoms with van der Waals surface area (Å²) in [7, 11) is 0. The Labute approximate surface area is 103 Å². The highest BCUT2D eigenvalue weighted by atomic mass is 79.9. The normalized spacial score (nSPS) is 10.5. The fourth-order valence-corrected chi connectivity index (χ4v) is 1.76. The van der Waals surface area contributed by atoms with Gasteiger partial charge in [0.15, 0.2) is 11.6 Å². The zero-order chi connectivity index (χ0) is 12.0. The number of rotatable bonds is 6. The second-order valence-corrected chi connectivity index (χ2v) is 4.46. The van der Waals surface area contributed by atoms with E-state index in [2.05, 4.69) is 22.9 Å². The van der Waals surface area contributed by atoms with Crippen molar-refractivity contribution in [1.82, 2.24) is 0 Å². The Hall–Kier alpha value is -0.640. The number of hydrogen-bond donors (Lipinski definition) is 0. The fraction of sp³-hybridized carbons (Fsp3) is 0.500. The Bertz CT molecular complexity index is 342. The second-order valence-electron chi connectivity index (χ2n) is 3.61. The van der Waals surface area contributed by atoms with E-state index in [1.807, 2.05) is 0 Å². The molecule has 0 spiro atoms. The molecule has 0 bridgehead atoms. The summed E-state index contributed by atoms with van der Waals surface area (Å²) >= 11 is 3.13. The van der Waals surface area contributed by atoms with Crippen molar-refractivity contribution in [2.75, 3.05) is 6.61 Å². The van der Waals surface area contributed by atoms with Gasteiger partial charge < -0.3 is 4.74 Å². The van der Waals surface area contributed by atoms with Gasteiger partial charge in [-0.1, -0.05) is 26.2 Å².